The Labute approximate surface area is 120 Å². The number of halogens is 1. The number of hydrogen-bond acceptors (Lipinski definition) is 4. The molecular weight excluding hydrogens is 284 g/mol. The fourth-order valence-corrected chi connectivity index (χ4v) is 2.74. The molecule has 102 valence electrons. The van der Waals surface area contributed by atoms with Crippen LogP contribution in [0.4, 0.5) is 0 Å². The predicted molar refractivity (Wildman–Crippen MR) is 77.7 cm³/mol. The van der Waals surface area contributed by atoms with Crippen molar-refractivity contribution < 1.29 is 0 Å². The number of aromatic nitrogens is 4. The molecule has 0 spiro atoms. The highest BCUT2D eigenvalue weighted by atomic mass is 35.5. The van der Waals surface area contributed by atoms with Crippen LogP contribution >= 0.6 is 23.4 Å². The van der Waals surface area contributed by atoms with Crippen LogP contribution in [-0.2, 0) is 14.1 Å². The van der Waals surface area contributed by atoms with Gasteiger partial charge in [0.05, 0.1) is 0 Å². The summed E-state index contributed by atoms with van der Waals surface area (Å²) in [7, 11) is 3.62. The van der Waals surface area contributed by atoms with Crippen LogP contribution in [-0.4, -0.2) is 31.0 Å². The molecule has 5 nitrogen and oxygen atoms in total. The van der Waals surface area contributed by atoms with Crippen molar-refractivity contribution in [1.82, 2.24) is 19.3 Å². The smallest absolute Gasteiger partial charge is 0.250 e. The van der Waals surface area contributed by atoms with Crippen molar-refractivity contribution >= 4 is 23.4 Å². The van der Waals surface area contributed by atoms with E-state index in [0.717, 1.165) is 22.9 Å². The fourth-order valence-electron chi connectivity index (χ4n) is 1.60. The van der Waals surface area contributed by atoms with Gasteiger partial charge >= 0.3 is 0 Å². The zero-order valence-electron chi connectivity index (χ0n) is 10.8. The standard InChI is InChI=1S/C12H15ClN4OS/c1-16-6-4-9(8-10(16)18)11-14-15-12(17(11)2)19-7-3-5-13/h4,6,8H,3,5,7H2,1-2H3. The van der Waals surface area contributed by atoms with E-state index >= 15 is 0 Å². The SMILES string of the molecule is Cn1c(SCCCCl)nnc1-c1ccn(C)c(=O)c1. The number of nitrogens with zero attached hydrogens (tertiary/aromatic N) is 4. The molecule has 19 heavy (non-hydrogen) atoms. The molecule has 0 saturated heterocycles. The van der Waals surface area contributed by atoms with E-state index in [9.17, 15) is 4.79 Å². The van der Waals surface area contributed by atoms with Gasteiger partial charge in [-0.2, -0.15) is 0 Å². The van der Waals surface area contributed by atoms with Crippen LogP contribution in [0.25, 0.3) is 11.4 Å². The first-order chi connectivity index (χ1) is 9.13. The lowest BCUT2D eigenvalue weighted by Gasteiger charge is -2.04. The number of rotatable bonds is 5. The van der Waals surface area contributed by atoms with E-state index in [4.69, 9.17) is 11.6 Å². The van der Waals surface area contributed by atoms with Crippen LogP contribution in [0.3, 0.4) is 0 Å². The van der Waals surface area contributed by atoms with Crippen molar-refractivity contribution in [3.05, 3.63) is 28.7 Å². The minimum absolute atomic E-state index is 0.0585. The van der Waals surface area contributed by atoms with Gasteiger partial charge in [0, 0.05) is 43.6 Å². The van der Waals surface area contributed by atoms with Gasteiger partial charge in [0.15, 0.2) is 11.0 Å². The third-order valence-electron chi connectivity index (χ3n) is 2.71. The van der Waals surface area contributed by atoms with Gasteiger partial charge in [-0.05, 0) is 12.5 Å². The molecule has 0 aliphatic carbocycles. The Kier molecular flexibility index (Phi) is 4.66. The largest absolute Gasteiger partial charge is 0.319 e. The highest BCUT2D eigenvalue weighted by Crippen LogP contribution is 2.22. The predicted octanol–water partition coefficient (Wildman–Crippen LogP) is 1.90. The van der Waals surface area contributed by atoms with Crippen molar-refractivity contribution in [2.75, 3.05) is 11.6 Å². The van der Waals surface area contributed by atoms with Gasteiger partial charge in [0.1, 0.15) is 0 Å². The Bertz CT molecular complexity index is 622. The Morgan fingerprint density at radius 3 is 2.84 bits per heavy atom. The molecule has 0 amide bonds. The van der Waals surface area contributed by atoms with Crippen LogP contribution < -0.4 is 5.56 Å². The quantitative estimate of drug-likeness (QED) is 0.481. The molecule has 0 aliphatic heterocycles. The number of alkyl halides is 1. The second-order valence-electron chi connectivity index (χ2n) is 4.12. The molecule has 0 radical (unpaired) electrons. The van der Waals surface area contributed by atoms with Crippen molar-refractivity contribution in [3.8, 4) is 11.4 Å². The zero-order valence-corrected chi connectivity index (χ0v) is 12.4. The average molecular weight is 299 g/mol. The van der Waals surface area contributed by atoms with Gasteiger partial charge in [-0.1, -0.05) is 11.8 Å². The van der Waals surface area contributed by atoms with E-state index in [1.165, 1.54) is 4.57 Å². The van der Waals surface area contributed by atoms with E-state index in [1.54, 1.807) is 31.1 Å². The van der Waals surface area contributed by atoms with Crippen LogP contribution in [0.1, 0.15) is 6.42 Å². The van der Waals surface area contributed by atoms with Crippen LogP contribution in [0.5, 0.6) is 0 Å². The number of thioether (sulfide) groups is 1. The summed E-state index contributed by atoms with van der Waals surface area (Å²) in [5, 5.41) is 9.12. The molecule has 0 aromatic carbocycles. The van der Waals surface area contributed by atoms with Gasteiger partial charge in [0.25, 0.3) is 5.56 Å². The Morgan fingerprint density at radius 1 is 1.37 bits per heavy atom. The second kappa shape index (κ2) is 6.25. The molecule has 0 unspecified atom stereocenters. The van der Waals surface area contributed by atoms with Crippen LogP contribution in [0.2, 0.25) is 0 Å². The maximum Gasteiger partial charge on any atom is 0.250 e. The van der Waals surface area contributed by atoms with Gasteiger partial charge in [-0.15, -0.1) is 21.8 Å². The molecular formula is C12H15ClN4OS. The van der Waals surface area contributed by atoms with Gasteiger partial charge in [-0.3, -0.25) is 4.79 Å². The normalized spacial score (nSPS) is 10.9. The minimum Gasteiger partial charge on any atom is -0.319 e. The summed E-state index contributed by atoms with van der Waals surface area (Å²) in [6.45, 7) is 0. The Hall–Kier alpha value is -1.27. The lowest BCUT2D eigenvalue weighted by molar-refractivity contribution is 0.791. The lowest BCUT2D eigenvalue weighted by atomic mass is 10.2. The summed E-state index contributed by atoms with van der Waals surface area (Å²) in [4.78, 5) is 11.6. The van der Waals surface area contributed by atoms with E-state index in [-0.39, 0.29) is 5.56 Å². The molecule has 2 rings (SSSR count). The average Bonchev–Trinajstić information content (AvgIpc) is 2.75. The molecule has 0 bridgehead atoms. The highest BCUT2D eigenvalue weighted by Gasteiger charge is 2.11. The van der Waals surface area contributed by atoms with Crippen molar-refractivity contribution in [3.63, 3.8) is 0 Å². The highest BCUT2D eigenvalue weighted by molar-refractivity contribution is 7.99. The Balaban J connectivity index is 2.25. The summed E-state index contributed by atoms with van der Waals surface area (Å²) >= 11 is 7.26. The fraction of sp³-hybridized carbons (Fsp3) is 0.417. The number of hydrogen-bond donors (Lipinski definition) is 0. The summed E-state index contributed by atoms with van der Waals surface area (Å²) < 4.78 is 3.42. The lowest BCUT2D eigenvalue weighted by Crippen LogP contribution is -2.14. The molecule has 0 aliphatic rings. The third-order valence-corrected chi connectivity index (χ3v) is 4.08. The third kappa shape index (κ3) is 3.19. The first kappa shape index (κ1) is 14.1. The first-order valence-electron chi connectivity index (χ1n) is 5.88. The maximum atomic E-state index is 11.6. The molecule has 2 heterocycles. The second-order valence-corrected chi connectivity index (χ2v) is 5.56. The molecule has 0 N–H and O–H groups in total. The molecule has 0 saturated carbocycles. The molecule has 2 aromatic rings. The van der Waals surface area contributed by atoms with E-state index < -0.39 is 0 Å². The number of aryl methyl sites for hydroxylation is 1. The van der Waals surface area contributed by atoms with Gasteiger partial charge in [0.2, 0.25) is 0 Å². The first-order valence-corrected chi connectivity index (χ1v) is 7.40. The summed E-state index contributed by atoms with van der Waals surface area (Å²) in [6, 6.07) is 3.43. The van der Waals surface area contributed by atoms with E-state index in [0.29, 0.717) is 11.7 Å². The minimum atomic E-state index is -0.0585. The van der Waals surface area contributed by atoms with Crippen molar-refractivity contribution in [1.29, 1.82) is 0 Å². The Morgan fingerprint density at radius 2 is 2.16 bits per heavy atom. The monoisotopic (exact) mass is 298 g/mol. The maximum absolute atomic E-state index is 11.6. The summed E-state index contributed by atoms with van der Waals surface area (Å²) in [5.41, 5.74) is 0.721. The topological polar surface area (TPSA) is 52.7 Å². The van der Waals surface area contributed by atoms with Crippen LogP contribution in [0.15, 0.2) is 28.3 Å². The molecule has 7 heteroatoms. The zero-order chi connectivity index (χ0) is 13.8. The van der Waals surface area contributed by atoms with Gasteiger partial charge in [-0.25, -0.2) is 0 Å². The van der Waals surface area contributed by atoms with Crippen molar-refractivity contribution in [2.45, 2.75) is 11.6 Å². The van der Waals surface area contributed by atoms with E-state index in [2.05, 4.69) is 10.2 Å². The summed E-state index contributed by atoms with van der Waals surface area (Å²) in [6.07, 6.45) is 2.66. The van der Waals surface area contributed by atoms with Crippen molar-refractivity contribution in [2.24, 2.45) is 14.1 Å². The molecule has 0 fully saturated rings. The van der Waals surface area contributed by atoms with Gasteiger partial charge < -0.3 is 9.13 Å². The molecule has 0 atom stereocenters. The summed E-state index contributed by atoms with van der Waals surface area (Å²) in [5.74, 6) is 2.25. The van der Waals surface area contributed by atoms with Crippen LogP contribution in [0, 0.1) is 0 Å². The van der Waals surface area contributed by atoms with E-state index in [1.807, 2.05) is 17.7 Å². The molecule has 2 aromatic heterocycles. The number of pyridine rings is 1.